The largest absolute Gasteiger partial charge is 0.452 e. The number of amides is 1. The fourth-order valence-corrected chi connectivity index (χ4v) is 2.52. The molecule has 0 bridgehead atoms. The van der Waals surface area contributed by atoms with Crippen LogP contribution < -0.4 is 5.32 Å². The van der Waals surface area contributed by atoms with E-state index in [2.05, 4.69) is 10.4 Å². The number of esters is 1. The van der Waals surface area contributed by atoms with Crippen molar-refractivity contribution in [2.24, 2.45) is 7.05 Å². The first-order valence-corrected chi connectivity index (χ1v) is 8.22. The number of nitro benzene ring substituents is 1. The molecule has 1 amide bonds. The summed E-state index contributed by atoms with van der Waals surface area (Å²) in [6, 6.07) is 3.78. The van der Waals surface area contributed by atoms with E-state index in [0.29, 0.717) is 16.4 Å². The fourth-order valence-electron chi connectivity index (χ4n) is 2.10. The standard InChI is InChI=1S/C16H14Cl2N4O5/c1-9-11(16(18)21(2)20-9)4-6-15(24)27-8-14(23)19-10-3-5-12(17)13(7-10)22(25)26/h3-7H,8H2,1-2H3,(H,19,23)/b6-4+. The molecule has 0 aliphatic carbocycles. The maximum Gasteiger partial charge on any atom is 0.331 e. The molecule has 0 saturated carbocycles. The van der Waals surface area contributed by atoms with Crippen molar-refractivity contribution in [2.75, 3.05) is 11.9 Å². The van der Waals surface area contributed by atoms with Gasteiger partial charge in [-0.05, 0) is 25.1 Å². The minimum atomic E-state index is -0.758. The number of benzene rings is 1. The lowest BCUT2D eigenvalue weighted by Crippen LogP contribution is -2.20. The van der Waals surface area contributed by atoms with Crippen molar-refractivity contribution in [1.29, 1.82) is 0 Å². The second-order valence-corrected chi connectivity index (χ2v) is 6.09. The predicted molar refractivity (Wildman–Crippen MR) is 99.7 cm³/mol. The maximum atomic E-state index is 11.8. The third-order valence-electron chi connectivity index (χ3n) is 3.35. The Morgan fingerprint density at radius 3 is 2.70 bits per heavy atom. The summed E-state index contributed by atoms with van der Waals surface area (Å²) >= 11 is 11.7. The van der Waals surface area contributed by atoms with Crippen molar-refractivity contribution in [3.63, 3.8) is 0 Å². The number of ether oxygens (including phenoxy) is 1. The third kappa shape index (κ3) is 5.28. The van der Waals surface area contributed by atoms with Gasteiger partial charge >= 0.3 is 5.97 Å². The number of hydrogen-bond donors (Lipinski definition) is 1. The van der Waals surface area contributed by atoms with E-state index in [4.69, 9.17) is 27.9 Å². The number of hydrogen-bond acceptors (Lipinski definition) is 6. The molecular weight excluding hydrogens is 399 g/mol. The van der Waals surface area contributed by atoms with Crippen LogP contribution in [0, 0.1) is 17.0 Å². The van der Waals surface area contributed by atoms with Gasteiger partial charge < -0.3 is 10.1 Å². The molecule has 27 heavy (non-hydrogen) atoms. The molecule has 0 radical (unpaired) electrons. The summed E-state index contributed by atoms with van der Waals surface area (Å²) < 4.78 is 6.28. The summed E-state index contributed by atoms with van der Waals surface area (Å²) in [6.45, 7) is 1.16. The number of carbonyl (C=O) groups excluding carboxylic acids is 2. The number of anilines is 1. The van der Waals surface area contributed by atoms with Gasteiger partial charge in [-0.3, -0.25) is 19.6 Å². The van der Waals surface area contributed by atoms with Gasteiger partial charge in [0.05, 0.1) is 10.6 Å². The van der Waals surface area contributed by atoms with E-state index >= 15 is 0 Å². The van der Waals surface area contributed by atoms with Gasteiger partial charge in [0.2, 0.25) is 0 Å². The number of nitro groups is 1. The Morgan fingerprint density at radius 1 is 1.41 bits per heavy atom. The summed E-state index contributed by atoms with van der Waals surface area (Å²) in [4.78, 5) is 33.7. The zero-order valence-electron chi connectivity index (χ0n) is 14.2. The molecule has 9 nitrogen and oxygen atoms in total. The van der Waals surface area contributed by atoms with E-state index < -0.39 is 23.4 Å². The average molecular weight is 413 g/mol. The first-order valence-electron chi connectivity index (χ1n) is 7.46. The van der Waals surface area contributed by atoms with Gasteiger partial charge in [0.25, 0.3) is 11.6 Å². The molecule has 1 N–H and O–H groups in total. The number of aryl methyl sites for hydroxylation is 2. The van der Waals surface area contributed by atoms with Crippen LogP contribution >= 0.6 is 23.2 Å². The summed E-state index contributed by atoms with van der Waals surface area (Å²) in [7, 11) is 1.66. The van der Waals surface area contributed by atoms with Crippen LogP contribution in [-0.2, 0) is 21.4 Å². The van der Waals surface area contributed by atoms with Crippen molar-refractivity contribution in [1.82, 2.24) is 9.78 Å². The quantitative estimate of drug-likeness (QED) is 0.337. The molecule has 0 aliphatic heterocycles. The highest BCUT2D eigenvalue weighted by molar-refractivity contribution is 6.32. The molecule has 2 aromatic rings. The number of aromatic nitrogens is 2. The van der Waals surface area contributed by atoms with Gasteiger partial charge in [0.15, 0.2) is 6.61 Å². The lowest BCUT2D eigenvalue weighted by Gasteiger charge is -2.06. The van der Waals surface area contributed by atoms with E-state index in [1.165, 1.54) is 22.9 Å². The van der Waals surface area contributed by atoms with Crippen LogP contribution in [-0.4, -0.2) is 33.2 Å². The highest BCUT2D eigenvalue weighted by Gasteiger charge is 2.14. The molecule has 142 valence electrons. The molecule has 11 heteroatoms. The van der Waals surface area contributed by atoms with Gasteiger partial charge in [-0.25, -0.2) is 4.79 Å². The molecular formula is C16H14Cl2N4O5. The van der Waals surface area contributed by atoms with Crippen LogP contribution in [0.1, 0.15) is 11.3 Å². The number of rotatable bonds is 6. The molecule has 0 unspecified atom stereocenters. The first-order chi connectivity index (χ1) is 12.7. The minimum absolute atomic E-state index is 0.0566. The molecule has 1 aromatic heterocycles. The van der Waals surface area contributed by atoms with Gasteiger partial charge in [-0.2, -0.15) is 5.10 Å². The Kier molecular flexibility index (Phi) is 6.54. The van der Waals surface area contributed by atoms with Crippen molar-refractivity contribution in [2.45, 2.75) is 6.92 Å². The van der Waals surface area contributed by atoms with Crippen LogP contribution in [0.4, 0.5) is 11.4 Å². The van der Waals surface area contributed by atoms with Crippen LogP contribution in [0.25, 0.3) is 6.08 Å². The van der Waals surface area contributed by atoms with Crippen LogP contribution in [0.15, 0.2) is 24.3 Å². The lowest BCUT2D eigenvalue weighted by molar-refractivity contribution is -0.384. The van der Waals surface area contributed by atoms with Crippen molar-refractivity contribution < 1.29 is 19.2 Å². The average Bonchev–Trinajstić information content (AvgIpc) is 2.84. The second-order valence-electron chi connectivity index (χ2n) is 5.33. The summed E-state index contributed by atoms with van der Waals surface area (Å²) in [6.07, 6.45) is 2.56. The van der Waals surface area contributed by atoms with E-state index in [1.54, 1.807) is 14.0 Å². The number of halogens is 2. The molecule has 1 aromatic carbocycles. The van der Waals surface area contributed by atoms with E-state index in [-0.39, 0.29) is 16.4 Å². The predicted octanol–water partition coefficient (Wildman–Crippen LogP) is 3.14. The smallest absolute Gasteiger partial charge is 0.331 e. The van der Waals surface area contributed by atoms with Crippen LogP contribution in [0.3, 0.4) is 0 Å². The SMILES string of the molecule is Cc1nn(C)c(Cl)c1/C=C/C(=O)OCC(=O)Nc1ccc(Cl)c([N+](=O)[O-])c1. The zero-order chi connectivity index (χ0) is 20.1. The van der Waals surface area contributed by atoms with Crippen molar-refractivity contribution in [3.8, 4) is 0 Å². The molecule has 0 spiro atoms. The molecule has 2 rings (SSSR count). The lowest BCUT2D eigenvalue weighted by atomic mass is 10.2. The zero-order valence-corrected chi connectivity index (χ0v) is 15.7. The molecule has 0 atom stereocenters. The van der Waals surface area contributed by atoms with Crippen LogP contribution in [0.5, 0.6) is 0 Å². The Hall–Kier alpha value is -2.91. The molecule has 0 saturated heterocycles. The summed E-state index contributed by atoms with van der Waals surface area (Å²) in [5, 5.41) is 17.6. The van der Waals surface area contributed by atoms with E-state index in [9.17, 15) is 19.7 Å². The Morgan fingerprint density at radius 2 is 2.11 bits per heavy atom. The summed E-state index contributed by atoms with van der Waals surface area (Å²) in [5.74, 6) is -1.42. The van der Waals surface area contributed by atoms with E-state index in [0.717, 1.165) is 12.1 Å². The monoisotopic (exact) mass is 412 g/mol. The Labute approximate surface area is 163 Å². The molecule has 1 heterocycles. The first kappa shape index (κ1) is 20.4. The molecule has 0 fully saturated rings. The van der Waals surface area contributed by atoms with Gasteiger partial charge in [-0.1, -0.05) is 23.2 Å². The van der Waals surface area contributed by atoms with Gasteiger partial charge in [0.1, 0.15) is 10.2 Å². The topological polar surface area (TPSA) is 116 Å². The van der Waals surface area contributed by atoms with Crippen LogP contribution in [0.2, 0.25) is 10.2 Å². The number of nitrogens with zero attached hydrogens (tertiary/aromatic N) is 3. The van der Waals surface area contributed by atoms with Crippen molar-refractivity contribution >= 4 is 52.5 Å². The minimum Gasteiger partial charge on any atom is -0.452 e. The highest BCUT2D eigenvalue weighted by atomic mass is 35.5. The van der Waals surface area contributed by atoms with Crippen molar-refractivity contribution in [3.05, 3.63) is 55.8 Å². The fraction of sp³-hybridized carbons (Fsp3) is 0.188. The van der Waals surface area contributed by atoms with Gasteiger partial charge in [-0.15, -0.1) is 0 Å². The second kappa shape index (κ2) is 8.65. The third-order valence-corrected chi connectivity index (χ3v) is 4.12. The maximum absolute atomic E-state index is 11.8. The van der Waals surface area contributed by atoms with Gasteiger partial charge in [0, 0.05) is 30.4 Å². The summed E-state index contributed by atoms with van der Waals surface area (Å²) in [5.41, 5.74) is 1.00. The Bertz CT molecular complexity index is 939. The van der Waals surface area contributed by atoms with E-state index in [1.807, 2.05) is 0 Å². The molecule has 0 aliphatic rings. The highest BCUT2D eigenvalue weighted by Crippen LogP contribution is 2.27. The number of carbonyl (C=O) groups is 2. The Balaban J connectivity index is 1.92. The number of nitrogens with one attached hydrogen (secondary N) is 1. The normalized spacial score (nSPS) is 10.8.